The Kier molecular flexibility index (Phi) is 8.88. The van der Waals surface area contributed by atoms with Gasteiger partial charge < -0.3 is 15.0 Å². The van der Waals surface area contributed by atoms with E-state index >= 15 is 0 Å². The Balaban J connectivity index is 3.02. The highest BCUT2D eigenvalue weighted by Crippen LogP contribution is 1.92. The average Bonchev–Trinajstić information content (AvgIpc) is 2.09. The molecular formula is C9H22N2O. The van der Waals surface area contributed by atoms with Gasteiger partial charge >= 0.3 is 0 Å². The Morgan fingerprint density at radius 1 is 1.25 bits per heavy atom. The summed E-state index contributed by atoms with van der Waals surface area (Å²) in [6.45, 7) is 4.26. The lowest BCUT2D eigenvalue weighted by Gasteiger charge is -2.15. The van der Waals surface area contributed by atoms with E-state index in [1.165, 1.54) is 19.4 Å². The molecule has 0 aliphatic carbocycles. The normalized spacial score (nSPS) is 11.0. The van der Waals surface area contributed by atoms with Crippen LogP contribution < -0.4 is 5.32 Å². The SMILES string of the molecule is CNCCN(C)CCCCOC. The fraction of sp³-hybridized carbons (Fsp3) is 1.00. The average molecular weight is 174 g/mol. The van der Waals surface area contributed by atoms with Crippen molar-refractivity contribution in [3.8, 4) is 0 Å². The summed E-state index contributed by atoms with van der Waals surface area (Å²) in [5, 5.41) is 3.13. The number of nitrogens with one attached hydrogen (secondary N) is 1. The first-order valence-corrected chi connectivity index (χ1v) is 4.63. The molecule has 12 heavy (non-hydrogen) atoms. The summed E-state index contributed by atoms with van der Waals surface area (Å²) in [6.07, 6.45) is 2.40. The van der Waals surface area contributed by atoms with Crippen LogP contribution >= 0.6 is 0 Å². The van der Waals surface area contributed by atoms with Gasteiger partial charge in [0, 0.05) is 26.8 Å². The van der Waals surface area contributed by atoms with E-state index in [2.05, 4.69) is 17.3 Å². The van der Waals surface area contributed by atoms with Crippen molar-refractivity contribution in [2.45, 2.75) is 12.8 Å². The Bertz CT molecular complexity index is 88.6. The third-order valence-corrected chi connectivity index (χ3v) is 1.88. The van der Waals surface area contributed by atoms with Gasteiger partial charge in [-0.15, -0.1) is 0 Å². The van der Waals surface area contributed by atoms with Gasteiger partial charge in [-0.3, -0.25) is 0 Å². The number of methoxy groups -OCH3 is 1. The van der Waals surface area contributed by atoms with Crippen molar-refractivity contribution >= 4 is 0 Å². The Morgan fingerprint density at radius 3 is 2.58 bits per heavy atom. The van der Waals surface area contributed by atoms with Crippen molar-refractivity contribution < 1.29 is 4.74 Å². The monoisotopic (exact) mass is 174 g/mol. The molecule has 0 aromatic carbocycles. The molecule has 0 spiro atoms. The Hall–Kier alpha value is -0.120. The predicted molar refractivity (Wildman–Crippen MR) is 52.5 cm³/mol. The molecule has 0 bridgehead atoms. The molecule has 1 N–H and O–H groups in total. The first-order chi connectivity index (χ1) is 5.81. The van der Waals surface area contributed by atoms with Crippen molar-refractivity contribution in [2.24, 2.45) is 0 Å². The molecule has 0 atom stereocenters. The second kappa shape index (κ2) is 8.97. The van der Waals surface area contributed by atoms with Crippen LogP contribution in [-0.4, -0.2) is 52.3 Å². The second-order valence-corrected chi connectivity index (χ2v) is 3.11. The number of hydrogen-bond donors (Lipinski definition) is 1. The highest BCUT2D eigenvalue weighted by atomic mass is 16.5. The van der Waals surface area contributed by atoms with E-state index in [4.69, 9.17) is 4.74 Å². The molecule has 0 radical (unpaired) electrons. The summed E-state index contributed by atoms with van der Waals surface area (Å²) in [5.74, 6) is 0. The quantitative estimate of drug-likeness (QED) is 0.544. The van der Waals surface area contributed by atoms with Gasteiger partial charge in [0.25, 0.3) is 0 Å². The zero-order valence-corrected chi connectivity index (χ0v) is 8.60. The minimum Gasteiger partial charge on any atom is -0.385 e. The van der Waals surface area contributed by atoms with Gasteiger partial charge in [-0.1, -0.05) is 0 Å². The van der Waals surface area contributed by atoms with E-state index in [0.29, 0.717) is 0 Å². The number of rotatable bonds is 8. The van der Waals surface area contributed by atoms with Crippen molar-refractivity contribution in [1.29, 1.82) is 0 Å². The molecule has 0 unspecified atom stereocenters. The summed E-state index contributed by atoms with van der Waals surface area (Å²) in [5.41, 5.74) is 0. The van der Waals surface area contributed by atoms with Crippen LogP contribution in [0, 0.1) is 0 Å². The maximum atomic E-state index is 4.97. The number of unbranched alkanes of at least 4 members (excludes halogenated alkanes) is 1. The van der Waals surface area contributed by atoms with Gasteiger partial charge in [0.1, 0.15) is 0 Å². The van der Waals surface area contributed by atoms with Crippen LogP contribution in [-0.2, 0) is 4.74 Å². The van der Waals surface area contributed by atoms with Gasteiger partial charge in [-0.2, -0.15) is 0 Å². The molecule has 0 fully saturated rings. The maximum Gasteiger partial charge on any atom is 0.0462 e. The van der Waals surface area contributed by atoms with Crippen molar-refractivity contribution in [1.82, 2.24) is 10.2 Å². The highest BCUT2D eigenvalue weighted by Gasteiger charge is 1.95. The molecule has 0 amide bonds. The summed E-state index contributed by atoms with van der Waals surface area (Å²) in [7, 11) is 5.90. The molecule has 0 aromatic rings. The first-order valence-electron chi connectivity index (χ1n) is 4.63. The van der Waals surface area contributed by atoms with Crippen LogP contribution in [0.15, 0.2) is 0 Å². The third-order valence-electron chi connectivity index (χ3n) is 1.88. The lowest BCUT2D eigenvalue weighted by atomic mass is 10.3. The fourth-order valence-corrected chi connectivity index (χ4v) is 1.04. The minimum atomic E-state index is 0.889. The summed E-state index contributed by atoms with van der Waals surface area (Å²) in [6, 6.07) is 0. The summed E-state index contributed by atoms with van der Waals surface area (Å²) < 4.78 is 4.97. The van der Waals surface area contributed by atoms with E-state index in [9.17, 15) is 0 Å². The molecule has 3 heteroatoms. The molecule has 0 heterocycles. The molecule has 0 aliphatic heterocycles. The van der Waals surface area contributed by atoms with E-state index in [1.54, 1.807) is 7.11 Å². The zero-order chi connectivity index (χ0) is 9.23. The number of ether oxygens (including phenoxy) is 1. The van der Waals surface area contributed by atoms with E-state index in [-0.39, 0.29) is 0 Å². The van der Waals surface area contributed by atoms with E-state index in [0.717, 1.165) is 19.7 Å². The van der Waals surface area contributed by atoms with Gasteiger partial charge in [0.2, 0.25) is 0 Å². The van der Waals surface area contributed by atoms with Crippen LogP contribution in [0.4, 0.5) is 0 Å². The maximum absolute atomic E-state index is 4.97. The molecule has 0 saturated heterocycles. The van der Waals surface area contributed by atoms with Gasteiger partial charge in [-0.05, 0) is 33.5 Å². The van der Waals surface area contributed by atoms with Gasteiger partial charge in [-0.25, -0.2) is 0 Å². The van der Waals surface area contributed by atoms with Crippen LogP contribution in [0.1, 0.15) is 12.8 Å². The third kappa shape index (κ3) is 7.98. The Labute approximate surface area is 76.1 Å². The largest absolute Gasteiger partial charge is 0.385 e. The lowest BCUT2D eigenvalue weighted by Crippen LogP contribution is -2.28. The van der Waals surface area contributed by atoms with Crippen LogP contribution in [0.25, 0.3) is 0 Å². The number of hydrogen-bond acceptors (Lipinski definition) is 3. The smallest absolute Gasteiger partial charge is 0.0462 e. The van der Waals surface area contributed by atoms with Gasteiger partial charge in [0.15, 0.2) is 0 Å². The molecule has 0 saturated carbocycles. The number of likely N-dealkylation sites (N-methyl/N-ethyl adjacent to an activating group) is 2. The molecule has 74 valence electrons. The topological polar surface area (TPSA) is 24.5 Å². The van der Waals surface area contributed by atoms with Crippen molar-refractivity contribution in [3.63, 3.8) is 0 Å². The first kappa shape index (κ1) is 11.9. The number of nitrogens with zero attached hydrogens (tertiary/aromatic N) is 1. The molecule has 3 nitrogen and oxygen atoms in total. The van der Waals surface area contributed by atoms with Crippen molar-refractivity contribution in [3.05, 3.63) is 0 Å². The summed E-state index contributed by atoms with van der Waals surface area (Å²) >= 11 is 0. The lowest BCUT2D eigenvalue weighted by molar-refractivity contribution is 0.187. The molecule has 0 aromatic heterocycles. The molecule has 0 aliphatic rings. The Morgan fingerprint density at radius 2 is 2.00 bits per heavy atom. The predicted octanol–water partition coefficient (Wildman–Crippen LogP) is 0.564. The van der Waals surface area contributed by atoms with E-state index < -0.39 is 0 Å². The minimum absolute atomic E-state index is 0.889. The van der Waals surface area contributed by atoms with Crippen molar-refractivity contribution in [2.75, 3.05) is 47.4 Å². The fourth-order valence-electron chi connectivity index (χ4n) is 1.04. The second-order valence-electron chi connectivity index (χ2n) is 3.11. The standard InChI is InChI=1S/C9H22N2O/c1-10-6-8-11(2)7-4-5-9-12-3/h10H,4-9H2,1-3H3. The van der Waals surface area contributed by atoms with Crippen LogP contribution in [0.2, 0.25) is 0 Å². The highest BCUT2D eigenvalue weighted by molar-refractivity contribution is 4.52. The summed E-state index contributed by atoms with van der Waals surface area (Å²) in [4.78, 5) is 2.34. The van der Waals surface area contributed by atoms with Crippen LogP contribution in [0.3, 0.4) is 0 Å². The van der Waals surface area contributed by atoms with Gasteiger partial charge in [0.05, 0.1) is 0 Å². The molecule has 0 rings (SSSR count). The van der Waals surface area contributed by atoms with Crippen LogP contribution in [0.5, 0.6) is 0 Å². The zero-order valence-electron chi connectivity index (χ0n) is 8.60. The molecular weight excluding hydrogens is 152 g/mol. The van der Waals surface area contributed by atoms with E-state index in [1.807, 2.05) is 7.05 Å².